The van der Waals surface area contributed by atoms with Crippen LogP contribution in [0.15, 0.2) is 18.2 Å². The average molecular weight is 363 g/mol. The summed E-state index contributed by atoms with van der Waals surface area (Å²) < 4.78 is 23.7. The van der Waals surface area contributed by atoms with Crippen LogP contribution in [0.3, 0.4) is 0 Å². The zero-order valence-corrected chi connectivity index (χ0v) is 15.8. The minimum absolute atomic E-state index is 0.0535. The van der Waals surface area contributed by atoms with Crippen LogP contribution in [0, 0.1) is 16.6 Å². The van der Waals surface area contributed by atoms with E-state index in [0.29, 0.717) is 6.54 Å². The molecule has 0 radical (unpaired) electrons. The second-order valence-electron chi connectivity index (χ2n) is 8.66. The Morgan fingerprint density at radius 1 is 1.27 bits per heavy atom. The third-order valence-electron chi connectivity index (χ3n) is 5.45. The van der Waals surface area contributed by atoms with E-state index in [0.717, 1.165) is 25.3 Å². The van der Waals surface area contributed by atoms with E-state index in [1.807, 2.05) is 4.90 Å². The molecule has 1 saturated heterocycles. The van der Waals surface area contributed by atoms with Gasteiger partial charge in [0.2, 0.25) is 0 Å². The molecule has 1 amide bonds. The Hall–Kier alpha value is -2.11. The minimum atomic E-state index is -0.714. The second kappa shape index (κ2) is 6.56. The number of methoxy groups -OCH3 is 1. The number of ether oxygens (including phenoxy) is 2. The van der Waals surface area contributed by atoms with Crippen molar-refractivity contribution in [2.75, 3.05) is 20.3 Å². The van der Waals surface area contributed by atoms with E-state index in [1.54, 1.807) is 0 Å². The first kappa shape index (κ1) is 18.7. The number of fused-ring (bicyclic) bond motifs is 2. The molecule has 1 aromatic carbocycles. The van der Waals surface area contributed by atoms with Crippen molar-refractivity contribution in [3.63, 3.8) is 0 Å². The van der Waals surface area contributed by atoms with Gasteiger partial charge in [0, 0.05) is 12.6 Å². The maximum absolute atomic E-state index is 13.7. The molecule has 1 aromatic rings. The predicted octanol–water partition coefficient (Wildman–Crippen LogP) is 3.42. The van der Waals surface area contributed by atoms with E-state index in [-0.39, 0.29) is 40.7 Å². The van der Waals surface area contributed by atoms with Crippen LogP contribution in [-0.2, 0) is 9.53 Å². The topological polar surface area (TPSA) is 55.8 Å². The number of benzene rings is 1. The molecule has 6 heteroatoms. The number of carbonyl (C=O) groups is 2. The van der Waals surface area contributed by atoms with E-state index in [2.05, 4.69) is 20.8 Å². The summed E-state index contributed by atoms with van der Waals surface area (Å²) in [5.41, 5.74) is 0.402. The highest BCUT2D eigenvalue weighted by Gasteiger charge is 2.50. The van der Waals surface area contributed by atoms with Gasteiger partial charge in [-0.25, -0.2) is 9.18 Å². The largest absolute Gasteiger partial charge is 0.494 e. The molecule has 0 aromatic heterocycles. The maximum Gasteiger partial charge on any atom is 0.338 e. The summed E-state index contributed by atoms with van der Waals surface area (Å²) in [4.78, 5) is 26.6. The summed E-state index contributed by atoms with van der Waals surface area (Å²) in [5, 5.41) is 0. The van der Waals surface area contributed by atoms with E-state index in [9.17, 15) is 14.0 Å². The van der Waals surface area contributed by atoms with Crippen molar-refractivity contribution in [3.05, 3.63) is 29.6 Å². The van der Waals surface area contributed by atoms with Crippen LogP contribution in [0.1, 0.15) is 50.4 Å². The van der Waals surface area contributed by atoms with E-state index in [4.69, 9.17) is 9.47 Å². The van der Waals surface area contributed by atoms with Crippen molar-refractivity contribution < 1.29 is 23.5 Å². The fourth-order valence-corrected chi connectivity index (χ4v) is 4.84. The van der Waals surface area contributed by atoms with Gasteiger partial charge < -0.3 is 14.4 Å². The van der Waals surface area contributed by atoms with Crippen LogP contribution < -0.4 is 4.74 Å². The number of halogens is 1. The lowest BCUT2D eigenvalue weighted by atomic mass is 9.65. The number of amides is 1. The highest BCUT2D eigenvalue weighted by molar-refractivity contribution is 5.91. The quantitative estimate of drug-likeness (QED) is 0.769. The molecular formula is C20H26FNO4. The lowest BCUT2D eigenvalue weighted by Crippen LogP contribution is -2.39. The Labute approximate surface area is 153 Å². The molecule has 2 aliphatic rings. The summed E-state index contributed by atoms with van der Waals surface area (Å²) in [7, 11) is 1.35. The molecule has 142 valence electrons. The number of hydrogen-bond acceptors (Lipinski definition) is 4. The van der Waals surface area contributed by atoms with E-state index in [1.165, 1.54) is 19.2 Å². The second-order valence-corrected chi connectivity index (χ2v) is 8.66. The molecule has 1 heterocycles. The Morgan fingerprint density at radius 2 is 2.00 bits per heavy atom. The molecule has 26 heavy (non-hydrogen) atoms. The average Bonchev–Trinajstić information content (AvgIpc) is 2.81. The van der Waals surface area contributed by atoms with Crippen molar-refractivity contribution in [1.29, 1.82) is 0 Å². The first-order valence-corrected chi connectivity index (χ1v) is 8.93. The van der Waals surface area contributed by atoms with Crippen molar-refractivity contribution in [2.45, 2.75) is 46.1 Å². The van der Waals surface area contributed by atoms with Gasteiger partial charge in [-0.3, -0.25) is 4.79 Å². The summed E-state index contributed by atoms with van der Waals surface area (Å²) >= 11 is 0. The first-order valence-electron chi connectivity index (χ1n) is 8.93. The van der Waals surface area contributed by atoms with Crippen LogP contribution in [0.5, 0.6) is 5.75 Å². The Bertz CT molecular complexity index is 733. The van der Waals surface area contributed by atoms with E-state index < -0.39 is 11.8 Å². The molecule has 2 fully saturated rings. The molecule has 3 rings (SSSR count). The molecule has 0 unspecified atom stereocenters. The van der Waals surface area contributed by atoms with Crippen LogP contribution in [-0.4, -0.2) is 43.1 Å². The third-order valence-corrected chi connectivity index (χ3v) is 5.45. The highest BCUT2D eigenvalue weighted by atomic mass is 19.1. The minimum Gasteiger partial charge on any atom is -0.494 e. The number of carbonyl (C=O) groups excluding carboxylic acids is 2. The zero-order valence-electron chi connectivity index (χ0n) is 15.8. The van der Waals surface area contributed by atoms with Gasteiger partial charge >= 0.3 is 5.97 Å². The normalized spacial score (nSPS) is 26.5. The Kier molecular flexibility index (Phi) is 4.71. The van der Waals surface area contributed by atoms with Gasteiger partial charge in [-0.2, -0.15) is 0 Å². The van der Waals surface area contributed by atoms with Crippen LogP contribution in [0.4, 0.5) is 4.39 Å². The monoisotopic (exact) mass is 363 g/mol. The molecule has 2 atom stereocenters. The van der Waals surface area contributed by atoms with Gasteiger partial charge in [-0.15, -0.1) is 0 Å². The number of rotatable bonds is 4. The van der Waals surface area contributed by atoms with Crippen molar-refractivity contribution in [1.82, 2.24) is 4.90 Å². The van der Waals surface area contributed by atoms with Gasteiger partial charge in [0.1, 0.15) is 0 Å². The molecule has 5 nitrogen and oxygen atoms in total. The lowest BCUT2D eigenvalue weighted by Gasteiger charge is -2.39. The smallest absolute Gasteiger partial charge is 0.338 e. The molecule has 0 spiro atoms. The number of hydrogen-bond donors (Lipinski definition) is 0. The zero-order chi connectivity index (χ0) is 19.1. The summed E-state index contributed by atoms with van der Waals surface area (Å²) in [6, 6.07) is 4.04. The molecule has 2 bridgehead atoms. The first-order chi connectivity index (χ1) is 12.1. The number of esters is 1. The van der Waals surface area contributed by atoms with Crippen molar-refractivity contribution >= 4 is 11.9 Å². The van der Waals surface area contributed by atoms with Crippen LogP contribution in [0.2, 0.25) is 0 Å². The van der Waals surface area contributed by atoms with Gasteiger partial charge in [-0.1, -0.05) is 20.8 Å². The third kappa shape index (κ3) is 3.69. The van der Waals surface area contributed by atoms with Gasteiger partial charge in [0.15, 0.2) is 18.2 Å². The molecule has 1 saturated carbocycles. The van der Waals surface area contributed by atoms with Gasteiger partial charge in [0.05, 0.1) is 12.7 Å². The Balaban J connectivity index is 1.61. The fourth-order valence-electron chi connectivity index (χ4n) is 4.84. The lowest BCUT2D eigenvalue weighted by molar-refractivity contribution is -0.135. The molecule has 0 N–H and O–H groups in total. The Morgan fingerprint density at radius 3 is 2.65 bits per heavy atom. The van der Waals surface area contributed by atoms with Crippen LogP contribution in [0.25, 0.3) is 0 Å². The standard InChI is InChI=1S/C20H26FNO4/c1-19(2)8-14-9-20(3,11-19)12-22(14)17(23)10-26-18(24)13-5-6-16(25-4)15(21)7-13/h5-7,14H,8-12H2,1-4H3/t14-,20-/m0/s1. The molecular weight excluding hydrogens is 337 g/mol. The molecule has 1 aliphatic carbocycles. The van der Waals surface area contributed by atoms with Gasteiger partial charge in [0.25, 0.3) is 5.91 Å². The highest BCUT2D eigenvalue weighted by Crippen LogP contribution is 2.52. The van der Waals surface area contributed by atoms with Crippen molar-refractivity contribution in [3.8, 4) is 5.75 Å². The van der Waals surface area contributed by atoms with Crippen molar-refractivity contribution in [2.24, 2.45) is 10.8 Å². The number of likely N-dealkylation sites (tertiary alicyclic amines) is 1. The van der Waals surface area contributed by atoms with E-state index >= 15 is 0 Å². The fraction of sp³-hybridized carbons (Fsp3) is 0.600. The van der Waals surface area contributed by atoms with Gasteiger partial charge in [-0.05, 0) is 48.3 Å². The predicted molar refractivity (Wildman–Crippen MR) is 94.5 cm³/mol. The summed E-state index contributed by atoms with van der Waals surface area (Å²) in [6.45, 7) is 7.09. The van der Waals surface area contributed by atoms with Crippen LogP contribution >= 0.6 is 0 Å². The number of nitrogens with zero attached hydrogens (tertiary/aromatic N) is 1. The SMILES string of the molecule is COc1ccc(C(=O)OCC(=O)N2C[C@@]3(C)C[C@@H]2CC(C)(C)C3)cc1F. The summed E-state index contributed by atoms with van der Waals surface area (Å²) in [5.74, 6) is -1.48. The maximum atomic E-state index is 13.7. The summed E-state index contributed by atoms with van der Waals surface area (Å²) in [6.07, 6.45) is 3.05. The molecule has 1 aliphatic heterocycles.